The quantitative estimate of drug-likeness (QED) is 0.875. The summed E-state index contributed by atoms with van der Waals surface area (Å²) in [5.41, 5.74) is 5.77. The van der Waals surface area contributed by atoms with Gasteiger partial charge < -0.3 is 15.0 Å². The van der Waals surface area contributed by atoms with E-state index in [4.69, 9.17) is 10.5 Å². The summed E-state index contributed by atoms with van der Waals surface area (Å²) in [5.74, 6) is 0.213. The van der Waals surface area contributed by atoms with Crippen LogP contribution in [0.15, 0.2) is 17.2 Å². The molecule has 2 rings (SSSR count). The van der Waals surface area contributed by atoms with Crippen LogP contribution in [-0.2, 0) is 6.54 Å². The summed E-state index contributed by atoms with van der Waals surface area (Å²) in [6.45, 7) is 2.73. The minimum Gasteiger partial charge on any atom is -0.470 e. The molecule has 0 aromatic carbocycles. The fourth-order valence-corrected chi connectivity index (χ4v) is 2.37. The van der Waals surface area contributed by atoms with Gasteiger partial charge in [-0.3, -0.25) is 4.79 Å². The Bertz CT molecular complexity index is 444. The summed E-state index contributed by atoms with van der Waals surface area (Å²) >= 11 is 0. The summed E-state index contributed by atoms with van der Waals surface area (Å²) in [7, 11) is 0. The first-order valence-corrected chi connectivity index (χ1v) is 6.68. The van der Waals surface area contributed by atoms with E-state index in [-0.39, 0.29) is 23.6 Å². The number of aryl methyl sites for hydroxylation is 1. The van der Waals surface area contributed by atoms with Gasteiger partial charge >= 0.3 is 5.56 Å². The third-order valence-corrected chi connectivity index (χ3v) is 3.29. The number of hydrogen-bond donors (Lipinski definition) is 1. The predicted molar refractivity (Wildman–Crippen MR) is 69.6 cm³/mol. The van der Waals surface area contributed by atoms with Crippen molar-refractivity contribution >= 4 is 0 Å². The van der Waals surface area contributed by atoms with Crippen LogP contribution in [0.2, 0.25) is 0 Å². The van der Waals surface area contributed by atoms with Crippen LogP contribution in [0.5, 0.6) is 5.88 Å². The van der Waals surface area contributed by atoms with Crippen LogP contribution in [0, 0.1) is 0 Å². The molecule has 1 aliphatic rings. The highest BCUT2D eigenvalue weighted by Crippen LogP contribution is 2.20. The van der Waals surface area contributed by atoms with E-state index in [0.29, 0.717) is 6.54 Å². The average molecular weight is 251 g/mol. The minimum absolute atomic E-state index is 0.0337. The Labute approximate surface area is 107 Å². The summed E-state index contributed by atoms with van der Waals surface area (Å²) in [5, 5.41) is 0. The minimum atomic E-state index is -0.140. The van der Waals surface area contributed by atoms with Crippen molar-refractivity contribution in [2.24, 2.45) is 5.73 Å². The van der Waals surface area contributed by atoms with Crippen LogP contribution >= 0.6 is 0 Å². The van der Waals surface area contributed by atoms with Gasteiger partial charge in [-0.05, 0) is 32.1 Å². The monoisotopic (exact) mass is 251 g/mol. The molecule has 1 aromatic rings. The molecule has 2 atom stereocenters. The van der Waals surface area contributed by atoms with E-state index in [0.717, 1.165) is 32.1 Å². The molecule has 0 radical (unpaired) electrons. The SMILES string of the molecule is CCCn1ccnc(OC2CCCC(N)C2)c1=O. The molecule has 0 spiro atoms. The Morgan fingerprint density at radius 2 is 2.39 bits per heavy atom. The lowest BCUT2D eigenvalue weighted by atomic mass is 9.94. The summed E-state index contributed by atoms with van der Waals surface area (Å²) < 4.78 is 7.36. The normalized spacial score (nSPS) is 23.9. The van der Waals surface area contributed by atoms with Gasteiger partial charge in [-0.1, -0.05) is 6.92 Å². The number of nitrogens with zero attached hydrogens (tertiary/aromatic N) is 2. The highest BCUT2D eigenvalue weighted by Gasteiger charge is 2.22. The molecule has 0 saturated heterocycles. The van der Waals surface area contributed by atoms with E-state index < -0.39 is 0 Å². The van der Waals surface area contributed by atoms with Crippen LogP contribution in [0.3, 0.4) is 0 Å². The lowest BCUT2D eigenvalue weighted by molar-refractivity contribution is 0.135. The summed E-state index contributed by atoms with van der Waals surface area (Å²) in [6.07, 6.45) is 8.13. The van der Waals surface area contributed by atoms with Crippen molar-refractivity contribution in [1.82, 2.24) is 9.55 Å². The van der Waals surface area contributed by atoms with Crippen molar-refractivity contribution in [3.05, 3.63) is 22.7 Å². The maximum atomic E-state index is 12.1. The number of ether oxygens (including phenoxy) is 1. The van der Waals surface area contributed by atoms with Crippen LogP contribution < -0.4 is 16.0 Å². The van der Waals surface area contributed by atoms with Crippen LogP contribution in [-0.4, -0.2) is 21.7 Å². The number of nitrogens with two attached hydrogens (primary N) is 1. The van der Waals surface area contributed by atoms with Gasteiger partial charge in [0, 0.05) is 25.0 Å². The van der Waals surface area contributed by atoms with Crippen molar-refractivity contribution in [3.8, 4) is 5.88 Å². The molecule has 1 heterocycles. The lowest BCUT2D eigenvalue weighted by Crippen LogP contribution is -2.35. The molecule has 0 bridgehead atoms. The molecular weight excluding hydrogens is 230 g/mol. The Morgan fingerprint density at radius 3 is 3.11 bits per heavy atom. The topological polar surface area (TPSA) is 70.1 Å². The van der Waals surface area contributed by atoms with Gasteiger partial charge in [-0.2, -0.15) is 0 Å². The largest absolute Gasteiger partial charge is 0.470 e. The maximum Gasteiger partial charge on any atom is 0.313 e. The van der Waals surface area contributed by atoms with Crippen molar-refractivity contribution in [2.45, 2.75) is 57.7 Å². The smallest absolute Gasteiger partial charge is 0.313 e. The molecule has 1 saturated carbocycles. The van der Waals surface area contributed by atoms with Crippen molar-refractivity contribution in [3.63, 3.8) is 0 Å². The molecule has 100 valence electrons. The number of aromatic nitrogens is 2. The second-order valence-electron chi connectivity index (χ2n) is 4.90. The van der Waals surface area contributed by atoms with Crippen molar-refractivity contribution in [1.29, 1.82) is 0 Å². The number of rotatable bonds is 4. The molecule has 1 aromatic heterocycles. The van der Waals surface area contributed by atoms with E-state index >= 15 is 0 Å². The fraction of sp³-hybridized carbons (Fsp3) is 0.692. The second kappa shape index (κ2) is 6.00. The van der Waals surface area contributed by atoms with Gasteiger partial charge in [-0.15, -0.1) is 0 Å². The summed E-state index contributed by atoms with van der Waals surface area (Å²) in [4.78, 5) is 16.1. The predicted octanol–water partition coefficient (Wildman–Crippen LogP) is 1.30. The van der Waals surface area contributed by atoms with E-state index in [1.54, 1.807) is 17.0 Å². The van der Waals surface area contributed by atoms with E-state index in [1.807, 2.05) is 6.92 Å². The van der Waals surface area contributed by atoms with E-state index in [9.17, 15) is 4.79 Å². The molecular formula is C13H21N3O2. The van der Waals surface area contributed by atoms with Gasteiger partial charge in [0.15, 0.2) is 0 Å². The molecule has 5 nitrogen and oxygen atoms in total. The molecule has 1 aliphatic carbocycles. The zero-order chi connectivity index (χ0) is 13.0. The lowest BCUT2D eigenvalue weighted by Gasteiger charge is -2.26. The van der Waals surface area contributed by atoms with Crippen molar-refractivity contribution in [2.75, 3.05) is 0 Å². The highest BCUT2D eigenvalue weighted by molar-refractivity contribution is 5.05. The van der Waals surface area contributed by atoms with Gasteiger partial charge in [0.1, 0.15) is 6.10 Å². The third kappa shape index (κ3) is 3.10. The molecule has 1 fully saturated rings. The van der Waals surface area contributed by atoms with Crippen LogP contribution in [0.4, 0.5) is 0 Å². The first kappa shape index (κ1) is 13.1. The van der Waals surface area contributed by atoms with Gasteiger partial charge in [0.25, 0.3) is 5.88 Å². The molecule has 0 aliphatic heterocycles. The third-order valence-electron chi connectivity index (χ3n) is 3.29. The molecule has 5 heteroatoms. The Hall–Kier alpha value is -1.36. The summed E-state index contributed by atoms with van der Waals surface area (Å²) in [6, 6.07) is 0.185. The van der Waals surface area contributed by atoms with E-state index in [1.165, 1.54) is 0 Å². The fourth-order valence-electron chi connectivity index (χ4n) is 2.37. The first-order chi connectivity index (χ1) is 8.70. The molecule has 0 amide bonds. The molecule has 2 unspecified atom stereocenters. The second-order valence-corrected chi connectivity index (χ2v) is 4.90. The van der Waals surface area contributed by atoms with Crippen LogP contribution in [0.1, 0.15) is 39.0 Å². The highest BCUT2D eigenvalue weighted by atomic mass is 16.5. The molecule has 18 heavy (non-hydrogen) atoms. The Kier molecular flexibility index (Phi) is 4.36. The van der Waals surface area contributed by atoms with Crippen molar-refractivity contribution < 1.29 is 4.74 Å². The Balaban J connectivity index is 2.09. The van der Waals surface area contributed by atoms with Gasteiger partial charge in [-0.25, -0.2) is 4.98 Å². The standard InChI is InChI=1S/C13H21N3O2/c1-2-7-16-8-6-15-12(13(16)17)18-11-5-3-4-10(14)9-11/h6,8,10-11H,2-5,7,9,14H2,1H3. The Morgan fingerprint density at radius 1 is 1.56 bits per heavy atom. The number of hydrogen-bond acceptors (Lipinski definition) is 4. The zero-order valence-corrected chi connectivity index (χ0v) is 10.8. The first-order valence-electron chi connectivity index (χ1n) is 6.68. The maximum absolute atomic E-state index is 12.1. The average Bonchev–Trinajstić information content (AvgIpc) is 2.35. The molecule has 2 N–H and O–H groups in total. The van der Waals surface area contributed by atoms with Gasteiger partial charge in [0.2, 0.25) is 0 Å². The van der Waals surface area contributed by atoms with Gasteiger partial charge in [0.05, 0.1) is 0 Å². The van der Waals surface area contributed by atoms with Crippen LogP contribution in [0.25, 0.3) is 0 Å². The van der Waals surface area contributed by atoms with E-state index in [2.05, 4.69) is 4.98 Å². The zero-order valence-electron chi connectivity index (χ0n) is 10.8.